The van der Waals surface area contributed by atoms with E-state index in [0.29, 0.717) is 12.0 Å². The smallest absolute Gasteiger partial charge is 0.0980 e. The van der Waals surface area contributed by atoms with Crippen LogP contribution in [0.5, 0.6) is 0 Å². The molecule has 2 spiro atoms. The second-order valence-corrected chi connectivity index (χ2v) is 11.4. The third kappa shape index (κ3) is 2.32. The van der Waals surface area contributed by atoms with Gasteiger partial charge in [0.15, 0.2) is 0 Å². The van der Waals surface area contributed by atoms with Crippen LogP contribution in [0.2, 0.25) is 0 Å². The molecule has 2 bridgehead atoms. The van der Waals surface area contributed by atoms with Crippen molar-refractivity contribution >= 4 is 16.5 Å². The molecule has 5 aliphatic rings. The standard InChI is InChI=1S/C28H33N3O/c1-26-11-10-21-15-20-5-6-22(31(2)3)16-27(20)12-13-28(21,32-27)25(26)9-7-23(26)18-4-8-24-19(14-18)17-29-30-24/h4,7-8,10,14-15,17,22,25H,5-6,9,11-13,16H2,1-3H3,(H,29,30)/t22?,25-,26-,27-,28-/m1/s1. The highest BCUT2D eigenvalue weighted by Crippen LogP contribution is 2.67. The van der Waals surface area contributed by atoms with Crippen molar-refractivity contribution in [2.45, 2.75) is 69.1 Å². The molecule has 4 nitrogen and oxygen atoms in total. The van der Waals surface area contributed by atoms with Crippen LogP contribution in [0.25, 0.3) is 16.5 Å². The van der Waals surface area contributed by atoms with Gasteiger partial charge in [-0.3, -0.25) is 5.10 Å². The number of hydrogen-bond acceptors (Lipinski definition) is 3. The summed E-state index contributed by atoms with van der Waals surface area (Å²) >= 11 is 0. The number of aromatic amines is 1. The Morgan fingerprint density at radius 2 is 2.09 bits per heavy atom. The second-order valence-electron chi connectivity index (χ2n) is 11.4. The van der Waals surface area contributed by atoms with E-state index in [2.05, 4.69) is 72.5 Å². The first kappa shape index (κ1) is 19.3. The Bertz CT molecular complexity index is 1220. The summed E-state index contributed by atoms with van der Waals surface area (Å²) in [5.74, 6) is 0.516. The molecule has 166 valence electrons. The fraction of sp³-hybridized carbons (Fsp3) is 0.536. The minimum atomic E-state index is -0.108. The van der Waals surface area contributed by atoms with Crippen molar-refractivity contribution in [1.29, 1.82) is 0 Å². The zero-order chi connectivity index (χ0) is 21.7. The summed E-state index contributed by atoms with van der Waals surface area (Å²) in [6, 6.07) is 7.39. The van der Waals surface area contributed by atoms with E-state index in [1.807, 2.05) is 6.20 Å². The van der Waals surface area contributed by atoms with E-state index < -0.39 is 0 Å². The van der Waals surface area contributed by atoms with Gasteiger partial charge in [-0.15, -0.1) is 0 Å². The number of H-pyrrole nitrogens is 1. The quantitative estimate of drug-likeness (QED) is 0.674. The Labute approximate surface area is 190 Å². The monoisotopic (exact) mass is 427 g/mol. The normalized spacial score (nSPS) is 39.9. The number of hydrogen-bond donors (Lipinski definition) is 1. The number of nitrogens with one attached hydrogen (secondary N) is 1. The maximum absolute atomic E-state index is 7.37. The van der Waals surface area contributed by atoms with Gasteiger partial charge < -0.3 is 9.64 Å². The van der Waals surface area contributed by atoms with Crippen LogP contribution in [-0.2, 0) is 4.74 Å². The van der Waals surface area contributed by atoms with Gasteiger partial charge in [-0.1, -0.05) is 31.2 Å². The molecule has 1 saturated carbocycles. The van der Waals surface area contributed by atoms with Crippen molar-refractivity contribution < 1.29 is 4.74 Å². The molecule has 0 amide bonds. The number of benzene rings is 1. The molecule has 3 heterocycles. The Kier molecular flexibility index (Phi) is 3.76. The summed E-state index contributed by atoms with van der Waals surface area (Å²) < 4.78 is 7.37. The fourth-order valence-electron chi connectivity index (χ4n) is 7.96. The van der Waals surface area contributed by atoms with E-state index in [1.165, 1.54) is 47.8 Å². The number of fused-ring (bicyclic) bond motifs is 2. The lowest BCUT2D eigenvalue weighted by molar-refractivity contribution is -0.134. The van der Waals surface area contributed by atoms with Crippen LogP contribution in [0.4, 0.5) is 0 Å². The molecule has 7 rings (SSSR count). The maximum atomic E-state index is 7.37. The summed E-state index contributed by atoms with van der Waals surface area (Å²) in [6.07, 6.45) is 17.7. The van der Waals surface area contributed by atoms with Crippen LogP contribution in [0.3, 0.4) is 0 Å². The van der Waals surface area contributed by atoms with Crippen LogP contribution in [-0.4, -0.2) is 46.4 Å². The molecule has 4 heteroatoms. The molecule has 3 aliphatic carbocycles. The van der Waals surface area contributed by atoms with Crippen molar-refractivity contribution in [3.63, 3.8) is 0 Å². The van der Waals surface area contributed by atoms with Gasteiger partial charge >= 0.3 is 0 Å². The number of aromatic nitrogens is 2. The summed E-state index contributed by atoms with van der Waals surface area (Å²) in [6.45, 7) is 2.50. The van der Waals surface area contributed by atoms with E-state index in [0.717, 1.165) is 24.8 Å². The van der Waals surface area contributed by atoms with Gasteiger partial charge in [0.2, 0.25) is 0 Å². The summed E-state index contributed by atoms with van der Waals surface area (Å²) in [4.78, 5) is 2.41. The Balaban J connectivity index is 1.29. The first-order chi connectivity index (χ1) is 15.4. The van der Waals surface area contributed by atoms with Gasteiger partial charge in [-0.05, 0) is 93.5 Å². The Morgan fingerprint density at radius 1 is 1.19 bits per heavy atom. The summed E-state index contributed by atoms with van der Waals surface area (Å²) in [7, 11) is 4.47. The molecule has 2 aromatic rings. The molecule has 32 heavy (non-hydrogen) atoms. The SMILES string of the molecule is CN(C)C1CCC2=CC3=CC[C@]4(C)C(c5ccc6[nH]ncc6c5)=CC[C@H]4[C@@]34CC[C@]2(C1)O4. The van der Waals surface area contributed by atoms with Gasteiger partial charge in [0, 0.05) is 22.8 Å². The minimum Gasteiger partial charge on any atom is -0.359 e. The molecule has 5 atom stereocenters. The van der Waals surface area contributed by atoms with Gasteiger partial charge in [0.1, 0.15) is 0 Å². The highest BCUT2D eigenvalue weighted by molar-refractivity contribution is 5.85. The predicted molar refractivity (Wildman–Crippen MR) is 128 cm³/mol. The Hall–Kier alpha value is -2.17. The van der Waals surface area contributed by atoms with Gasteiger partial charge in [-0.25, -0.2) is 0 Å². The van der Waals surface area contributed by atoms with Crippen molar-refractivity contribution in [3.05, 3.63) is 59.3 Å². The third-order valence-corrected chi connectivity index (χ3v) is 9.73. The second kappa shape index (κ2) is 6.24. The van der Waals surface area contributed by atoms with E-state index in [-0.39, 0.29) is 16.6 Å². The molecular formula is C28H33N3O. The van der Waals surface area contributed by atoms with Gasteiger partial charge in [0.25, 0.3) is 0 Å². The average Bonchev–Trinajstić information content (AvgIpc) is 3.47. The number of rotatable bonds is 2. The summed E-state index contributed by atoms with van der Waals surface area (Å²) in [5, 5.41) is 8.51. The highest BCUT2D eigenvalue weighted by Gasteiger charge is 2.65. The summed E-state index contributed by atoms with van der Waals surface area (Å²) in [5.41, 5.74) is 7.02. The van der Waals surface area contributed by atoms with Crippen LogP contribution >= 0.6 is 0 Å². The first-order valence-corrected chi connectivity index (χ1v) is 12.4. The zero-order valence-corrected chi connectivity index (χ0v) is 19.4. The fourth-order valence-corrected chi connectivity index (χ4v) is 7.96. The average molecular weight is 428 g/mol. The van der Waals surface area contributed by atoms with Crippen molar-refractivity contribution in [2.75, 3.05) is 14.1 Å². The van der Waals surface area contributed by atoms with Crippen LogP contribution in [0.1, 0.15) is 57.4 Å². The molecular weight excluding hydrogens is 394 g/mol. The van der Waals surface area contributed by atoms with Crippen molar-refractivity contribution in [2.24, 2.45) is 11.3 Å². The maximum Gasteiger partial charge on any atom is 0.0980 e. The minimum absolute atomic E-state index is 0.0266. The van der Waals surface area contributed by atoms with Gasteiger partial charge in [0.05, 0.1) is 22.9 Å². The van der Waals surface area contributed by atoms with Crippen LogP contribution in [0, 0.1) is 11.3 Å². The molecule has 0 radical (unpaired) electrons. The van der Waals surface area contributed by atoms with E-state index in [1.54, 1.807) is 5.57 Å². The van der Waals surface area contributed by atoms with E-state index >= 15 is 0 Å². The highest BCUT2D eigenvalue weighted by atomic mass is 16.5. The van der Waals surface area contributed by atoms with E-state index in [9.17, 15) is 0 Å². The molecule has 1 N–H and O–H groups in total. The number of nitrogens with zero attached hydrogens (tertiary/aromatic N) is 2. The van der Waals surface area contributed by atoms with Crippen molar-refractivity contribution in [1.82, 2.24) is 15.1 Å². The first-order valence-electron chi connectivity index (χ1n) is 12.4. The number of allylic oxidation sites excluding steroid dienone is 3. The largest absolute Gasteiger partial charge is 0.359 e. The molecule has 2 fully saturated rings. The molecule has 1 saturated heterocycles. The molecule has 1 unspecified atom stereocenters. The Morgan fingerprint density at radius 3 is 2.97 bits per heavy atom. The third-order valence-electron chi connectivity index (χ3n) is 9.73. The lowest BCUT2D eigenvalue weighted by Crippen LogP contribution is -2.54. The lowest BCUT2D eigenvalue weighted by atomic mass is 9.58. The van der Waals surface area contributed by atoms with E-state index in [4.69, 9.17) is 4.74 Å². The molecule has 1 aromatic heterocycles. The lowest BCUT2D eigenvalue weighted by Gasteiger charge is -2.54. The number of ether oxygens (including phenoxy) is 1. The molecule has 1 aromatic carbocycles. The topological polar surface area (TPSA) is 41.2 Å². The van der Waals surface area contributed by atoms with Crippen molar-refractivity contribution in [3.8, 4) is 0 Å². The van der Waals surface area contributed by atoms with Crippen LogP contribution < -0.4 is 0 Å². The van der Waals surface area contributed by atoms with Crippen LogP contribution in [0.15, 0.2) is 53.8 Å². The zero-order valence-electron chi connectivity index (χ0n) is 19.4. The predicted octanol–water partition coefficient (Wildman–Crippen LogP) is 5.64. The molecule has 2 aliphatic heterocycles. The van der Waals surface area contributed by atoms with Gasteiger partial charge in [-0.2, -0.15) is 5.10 Å².